The van der Waals surface area contributed by atoms with Crippen LogP contribution in [-0.4, -0.2) is 64.5 Å². The number of amides is 3. The van der Waals surface area contributed by atoms with Gasteiger partial charge in [0.2, 0.25) is 0 Å². The summed E-state index contributed by atoms with van der Waals surface area (Å²) in [6, 6.07) is 3.01. The molecule has 3 rings (SSSR count). The van der Waals surface area contributed by atoms with Crippen molar-refractivity contribution < 1.29 is 24.2 Å². The Hall–Kier alpha value is -2.92. The van der Waals surface area contributed by atoms with E-state index >= 15 is 0 Å². The number of aromatic nitrogens is 2. The summed E-state index contributed by atoms with van der Waals surface area (Å²) in [6.07, 6.45) is 1.63. The lowest BCUT2D eigenvalue weighted by Gasteiger charge is -2.31. The maximum Gasteiger partial charge on any atom is 0.407 e. The number of hydrogen-bond donors (Lipinski definition) is 3. The lowest BCUT2D eigenvalue weighted by atomic mass is 10.2. The van der Waals surface area contributed by atoms with E-state index in [1.54, 1.807) is 25.3 Å². The molecule has 30 heavy (non-hydrogen) atoms. The highest BCUT2D eigenvalue weighted by Gasteiger charge is 2.24. The van der Waals surface area contributed by atoms with Crippen LogP contribution in [0.4, 0.5) is 21.1 Å². The van der Waals surface area contributed by atoms with Crippen LogP contribution in [0, 0.1) is 13.8 Å². The lowest BCUT2D eigenvalue weighted by molar-refractivity contribution is -0.0411. The van der Waals surface area contributed by atoms with Crippen LogP contribution in [0.25, 0.3) is 0 Å². The fourth-order valence-electron chi connectivity index (χ4n) is 2.78. The number of carbonyl (C=O) groups excluding carboxylic acids is 1. The number of carbonyl (C=O) groups is 2. The Morgan fingerprint density at radius 3 is 2.80 bits per heavy atom. The number of halogens is 1. The third kappa shape index (κ3) is 5.80. The van der Waals surface area contributed by atoms with Crippen molar-refractivity contribution in [1.29, 1.82) is 0 Å². The van der Waals surface area contributed by atoms with Crippen LogP contribution in [-0.2, 0) is 4.74 Å². The SMILES string of the molecule is Cc1cnc(NC(=O)Nc2cc(Br)c(C)cc2OC[C@@H]2CN(C(=O)O)CCO2)cn1. The van der Waals surface area contributed by atoms with Crippen LogP contribution in [0.2, 0.25) is 0 Å². The average molecular weight is 480 g/mol. The van der Waals surface area contributed by atoms with Crippen molar-refractivity contribution in [2.45, 2.75) is 20.0 Å². The van der Waals surface area contributed by atoms with E-state index in [9.17, 15) is 9.59 Å². The van der Waals surface area contributed by atoms with Crippen molar-refractivity contribution >= 4 is 39.6 Å². The predicted molar refractivity (Wildman–Crippen MR) is 113 cm³/mol. The number of benzene rings is 1. The Balaban J connectivity index is 1.67. The number of nitrogens with one attached hydrogen (secondary N) is 2. The summed E-state index contributed by atoms with van der Waals surface area (Å²) in [5.41, 5.74) is 2.10. The minimum absolute atomic E-state index is 0.143. The van der Waals surface area contributed by atoms with Crippen LogP contribution in [0.1, 0.15) is 11.3 Å². The first-order valence-corrected chi connectivity index (χ1v) is 10.00. The van der Waals surface area contributed by atoms with E-state index in [1.165, 1.54) is 11.1 Å². The maximum atomic E-state index is 12.4. The van der Waals surface area contributed by atoms with Gasteiger partial charge in [-0.25, -0.2) is 14.6 Å². The van der Waals surface area contributed by atoms with E-state index in [-0.39, 0.29) is 13.2 Å². The number of ether oxygens (including phenoxy) is 2. The van der Waals surface area contributed by atoms with Crippen molar-refractivity contribution in [2.24, 2.45) is 0 Å². The number of rotatable bonds is 5. The van der Waals surface area contributed by atoms with Crippen LogP contribution < -0.4 is 15.4 Å². The topological polar surface area (TPSA) is 126 Å². The molecule has 2 aromatic rings. The summed E-state index contributed by atoms with van der Waals surface area (Å²) < 4.78 is 12.3. The standard InChI is InChI=1S/C19H22BrN5O5/c1-11-5-16(30-10-13-9-25(19(27)28)3-4-29-13)15(6-14(11)20)23-18(26)24-17-8-21-12(2)7-22-17/h5-8,13H,3-4,9-10H2,1-2H3,(H,27,28)(H2,22,23,24,26)/t13-/m0/s1. The van der Waals surface area contributed by atoms with Gasteiger partial charge in [-0.3, -0.25) is 10.3 Å². The second-order valence-corrected chi connectivity index (χ2v) is 7.61. The Labute approximate surface area is 181 Å². The molecule has 0 unspecified atom stereocenters. The monoisotopic (exact) mass is 479 g/mol. The van der Waals surface area contributed by atoms with Gasteiger partial charge in [-0.2, -0.15) is 0 Å². The van der Waals surface area contributed by atoms with Gasteiger partial charge < -0.3 is 24.8 Å². The summed E-state index contributed by atoms with van der Waals surface area (Å²) >= 11 is 3.45. The molecule has 1 atom stereocenters. The smallest absolute Gasteiger partial charge is 0.407 e. The third-order valence-corrected chi connectivity index (χ3v) is 5.22. The maximum absolute atomic E-state index is 12.4. The molecule has 0 aliphatic carbocycles. The van der Waals surface area contributed by atoms with Crippen molar-refractivity contribution in [1.82, 2.24) is 14.9 Å². The van der Waals surface area contributed by atoms with E-state index < -0.39 is 18.2 Å². The van der Waals surface area contributed by atoms with E-state index in [0.29, 0.717) is 30.4 Å². The Morgan fingerprint density at radius 2 is 2.10 bits per heavy atom. The minimum Gasteiger partial charge on any atom is -0.489 e. The quantitative estimate of drug-likeness (QED) is 0.600. The van der Waals surface area contributed by atoms with Gasteiger partial charge in [-0.1, -0.05) is 15.9 Å². The summed E-state index contributed by atoms with van der Waals surface area (Å²) in [4.78, 5) is 33.0. The molecular weight excluding hydrogens is 458 g/mol. The molecule has 3 N–H and O–H groups in total. The minimum atomic E-state index is -0.985. The number of carboxylic acid groups (broad SMARTS) is 1. The number of anilines is 2. The molecule has 1 saturated heterocycles. The van der Waals surface area contributed by atoms with E-state index in [2.05, 4.69) is 36.5 Å². The van der Waals surface area contributed by atoms with Crippen molar-refractivity contribution in [3.63, 3.8) is 0 Å². The van der Waals surface area contributed by atoms with Gasteiger partial charge in [0.1, 0.15) is 18.5 Å². The van der Waals surface area contributed by atoms with Crippen LogP contribution >= 0.6 is 15.9 Å². The van der Waals surface area contributed by atoms with Crippen LogP contribution in [0.5, 0.6) is 5.75 Å². The fourth-order valence-corrected chi connectivity index (χ4v) is 3.12. The first kappa shape index (κ1) is 21.8. The predicted octanol–water partition coefficient (Wildman–Crippen LogP) is 3.26. The molecule has 0 radical (unpaired) electrons. The zero-order valence-electron chi connectivity index (χ0n) is 16.5. The zero-order valence-corrected chi connectivity index (χ0v) is 18.1. The van der Waals surface area contributed by atoms with E-state index in [4.69, 9.17) is 14.6 Å². The van der Waals surface area contributed by atoms with Crippen molar-refractivity contribution in [2.75, 3.05) is 36.9 Å². The molecule has 1 aliphatic heterocycles. The van der Waals surface area contributed by atoms with Gasteiger partial charge in [0.05, 0.1) is 36.9 Å². The molecule has 0 saturated carbocycles. The largest absolute Gasteiger partial charge is 0.489 e. The molecule has 1 aromatic carbocycles. The highest BCUT2D eigenvalue weighted by molar-refractivity contribution is 9.10. The second kappa shape index (κ2) is 9.72. The number of urea groups is 1. The highest BCUT2D eigenvalue weighted by Crippen LogP contribution is 2.32. The summed E-state index contributed by atoms with van der Waals surface area (Å²) in [7, 11) is 0. The molecule has 160 valence electrons. The van der Waals surface area contributed by atoms with Gasteiger partial charge in [-0.05, 0) is 31.5 Å². The highest BCUT2D eigenvalue weighted by atomic mass is 79.9. The Bertz CT molecular complexity index is 924. The zero-order chi connectivity index (χ0) is 21.7. The fraction of sp³-hybridized carbons (Fsp3) is 0.368. The average Bonchev–Trinajstić information content (AvgIpc) is 2.71. The third-order valence-electron chi connectivity index (χ3n) is 4.37. The molecule has 0 bridgehead atoms. The second-order valence-electron chi connectivity index (χ2n) is 6.75. The molecule has 11 heteroatoms. The van der Waals surface area contributed by atoms with Crippen LogP contribution in [0.15, 0.2) is 29.0 Å². The first-order valence-electron chi connectivity index (χ1n) is 9.21. The molecule has 1 fully saturated rings. The van der Waals surface area contributed by atoms with Gasteiger partial charge in [0.15, 0.2) is 5.82 Å². The summed E-state index contributed by atoms with van der Waals surface area (Å²) in [5, 5.41) is 14.5. The van der Waals surface area contributed by atoms with Gasteiger partial charge in [0.25, 0.3) is 0 Å². The molecule has 1 aliphatic rings. The molecule has 0 spiro atoms. The number of aryl methyl sites for hydroxylation is 2. The number of nitrogens with zero attached hydrogens (tertiary/aromatic N) is 3. The van der Waals surface area contributed by atoms with Crippen molar-refractivity contribution in [3.8, 4) is 5.75 Å². The Morgan fingerprint density at radius 1 is 1.30 bits per heavy atom. The van der Waals surface area contributed by atoms with Gasteiger partial charge in [-0.15, -0.1) is 0 Å². The van der Waals surface area contributed by atoms with Gasteiger partial charge in [0, 0.05) is 11.0 Å². The van der Waals surface area contributed by atoms with Crippen molar-refractivity contribution in [3.05, 3.63) is 40.3 Å². The molecule has 10 nitrogen and oxygen atoms in total. The number of morpholine rings is 1. The first-order chi connectivity index (χ1) is 14.3. The molecule has 1 aromatic heterocycles. The van der Waals surface area contributed by atoms with Gasteiger partial charge >= 0.3 is 12.1 Å². The number of hydrogen-bond acceptors (Lipinski definition) is 6. The van der Waals surface area contributed by atoms with Crippen LogP contribution in [0.3, 0.4) is 0 Å². The van der Waals surface area contributed by atoms with E-state index in [1.807, 2.05) is 6.92 Å². The van der Waals surface area contributed by atoms with E-state index in [0.717, 1.165) is 15.7 Å². The Kier molecular flexibility index (Phi) is 7.06. The molecular formula is C19H22BrN5O5. The summed E-state index contributed by atoms with van der Waals surface area (Å²) in [5.74, 6) is 0.757. The molecule has 3 amide bonds. The normalized spacial score (nSPS) is 16.1. The molecule has 2 heterocycles. The summed E-state index contributed by atoms with van der Waals surface area (Å²) in [6.45, 7) is 4.70. The lowest BCUT2D eigenvalue weighted by Crippen LogP contribution is -2.47.